The van der Waals surface area contributed by atoms with Gasteiger partial charge in [-0.3, -0.25) is 0 Å². The Morgan fingerprint density at radius 2 is 1.32 bits per heavy atom. The van der Waals surface area contributed by atoms with Gasteiger partial charge in [0.2, 0.25) is 0 Å². The second-order valence-corrected chi connectivity index (χ2v) is 3.79. The summed E-state index contributed by atoms with van der Waals surface area (Å²) in [4.78, 5) is 32.6. The van der Waals surface area contributed by atoms with Crippen molar-refractivity contribution in [1.82, 2.24) is 0 Å². The SMILES string of the molecule is O=C([O-])c1ccc2c(C(=O)[O-])c(C(=O)[O-])ccc2c1.[K+].[K+].[K+]. The van der Waals surface area contributed by atoms with Crippen molar-refractivity contribution in [3.05, 3.63) is 47.0 Å². The van der Waals surface area contributed by atoms with Crippen LogP contribution in [-0.4, -0.2) is 17.9 Å². The number of hydrogen-bond donors (Lipinski definition) is 0. The summed E-state index contributed by atoms with van der Waals surface area (Å²) in [5.74, 6) is -4.74. The molecular weight excluding hydrogens is 369 g/mol. The van der Waals surface area contributed by atoms with Crippen molar-refractivity contribution in [2.75, 3.05) is 0 Å². The van der Waals surface area contributed by atoms with Crippen LogP contribution in [0, 0.1) is 0 Å². The molecule has 0 radical (unpaired) electrons. The van der Waals surface area contributed by atoms with Gasteiger partial charge >= 0.3 is 154 Å². The summed E-state index contributed by atoms with van der Waals surface area (Å²) in [6.07, 6.45) is 0. The van der Waals surface area contributed by atoms with E-state index in [1.54, 1.807) is 0 Å². The normalized spacial score (nSPS) is 8.91. The second-order valence-electron chi connectivity index (χ2n) is 3.79. The van der Waals surface area contributed by atoms with Gasteiger partial charge in [-0.1, -0.05) is 24.3 Å². The largest absolute Gasteiger partial charge is 1.00 e. The standard InChI is InChI=1S/C13H8O6.3K/c14-11(15)7-2-3-8-6(5-7)1-4-9(12(16)17)10(8)13(18)19;;;/h1-5H,(H,14,15)(H,16,17)(H,18,19);;;/q;3*+1/p-3. The van der Waals surface area contributed by atoms with Gasteiger partial charge < -0.3 is 29.7 Å². The van der Waals surface area contributed by atoms with Crippen LogP contribution in [0.4, 0.5) is 0 Å². The zero-order valence-corrected chi connectivity index (χ0v) is 21.7. The van der Waals surface area contributed by atoms with E-state index in [4.69, 9.17) is 0 Å². The molecule has 0 heterocycles. The average Bonchev–Trinajstić information content (AvgIpc) is 2.35. The van der Waals surface area contributed by atoms with Crippen LogP contribution in [0.3, 0.4) is 0 Å². The van der Waals surface area contributed by atoms with E-state index in [1.165, 1.54) is 18.2 Å². The first kappa shape index (κ1) is 26.3. The van der Waals surface area contributed by atoms with E-state index in [1.807, 2.05) is 0 Å². The fraction of sp³-hybridized carbons (Fsp3) is 0. The number of fused-ring (bicyclic) bond motifs is 1. The van der Waals surface area contributed by atoms with Gasteiger partial charge in [0, 0.05) is 11.1 Å². The molecule has 9 heteroatoms. The summed E-state index contributed by atoms with van der Waals surface area (Å²) in [5.41, 5.74) is -1.20. The number of benzene rings is 2. The Bertz CT molecular complexity index is 729. The van der Waals surface area contributed by atoms with Gasteiger partial charge in [-0.15, -0.1) is 0 Å². The Morgan fingerprint density at radius 1 is 0.727 bits per heavy atom. The predicted octanol–water partition coefficient (Wildman–Crippen LogP) is -11.1. The van der Waals surface area contributed by atoms with E-state index in [0.717, 1.165) is 12.1 Å². The number of carboxylic acids is 3. The molecule has 0 saturated carbocycles. The molecule has 22 heavy (non-hydrogen) atoms. The van der Waals surface area contributed by atoms with Crippen LogP contribution in [0.25, 0.3) is 10.8 Å². The van der Waals surface area contributed by atoms with Gasteiger partial charge in [-0.25, -0.2) is 0 Å². The number of rotatable bonds is 3. The molecule has 96 valence electrons. The molecule has 0 aromatic heterocycles. The average molecular weight is 374 g/mol. The molecule has 2 aromatic rings. The van der Waals surface area contributed by atoms with Gasteiger partial charge in [-0.2, -0.15) is 0 Å². The van der Waals surface area contributed by atoms with E-state index in [9.17, 15) is 29.7 Å². The van der Waals surface area contributed by atoms with Crippen LogP contribution in [-0.2, 0) is 0 Å². The number of carboxylic acid groups (broad SMARTS) is 3. The first-order valence-corrected chi connectivity index (χ1v) is 5.12. The van der Waals surface area contributed by atoms with Gasteiger partial charge in [0.25, 0.3) is 0 Å². The molecule has 0 bridgehead atoms. The maximum atomic E-state index is 11.0. The third-order valence-electron chi connectivity index (χ3n) is 2.68. The maximum absolute atomic E-state index is 11.0. The van der Waals surface area contributed by atoms with Crippen molar-refractivity contribution in [1.29, 1.82) is 0 Å². The van der Waals surface area contributed by atoms with Crippen LogP contribution in [0.15, 0.2) is 30.3 Å². The summed E-state index contributed by atoms with van der Waals surface area (Å²) in [6.45, 7) is 0. The minimum absolute atomic E-state index is 0. The summed E-state index contributed by atoms with van der Waals surface area (Å²) < 4.78 is 0. The fourth-order valence-electron chi connectivity index (χ4n) is 1.85. The molecular formula is C13H5K3O6. The molecule has 6 nitrogen and oxygen atoms in total. The van der Waals surface area contributed by atoms with Gasteiger partial charge in [0.1, 0.15) is 0 Å². The smallest absolute Gasteiger partial charge is 0.545 e. The summed E-state index contributed by atoms with van der Waals surface area (Å²) in [6, 6.07) is 5.83. The van der Waals surface area contributed by atoms with Crippen molar-refractivity contribution in [2.45, 2.75) is 0 Å². The van der Waals surface area contributed by atoms with Crippen molar-refractivity contribution < 1.29 is 184 Å². The van der Waals surface area contributed by atoms with Crippen molar-refractivity contribution in [2.24, 2.45) is 0 Å². The Balaban J connectivity index is 0. The molecule has 0 aliphatic carbocycles. The maximum Gasteiger partial charge on any atom is 1.00 e. The Labute approximate surface area is 253 Å². The Kier molecular flexibility index (Phi) is 13.8. The summed E-state index contributed by atoms with van der Waals surface area (Å²) in [7, 11) is 0. The van der Waals surface area contributed by atoms with Crippen molar-refractivity contribution >= 4 is 28.7 Å². The third-order valence-corrected chi connectivity index (χ3v) is 2.68. The van der Waals surface area contributed by atoms with Crippen molar-refractivity contribution in [3.63, 3.8) is 0 Å². The predicted molar refractivity (Wildman–Crippen MR) is 56.9 cm³/mol. The third kappa shape index (κ3) is 6.07. The van der Waals surface area contributed by atoms with Crippen molar-refractivity contribution in [3.8, 4) is 0 Å². The molecule has 0 atom stereocenters. The van der Waals surface area contributed by atoms with E-state index in [2.05, 4.69) is 0 Å². The second kappa shape index (κ2) is 11.6. The first-order chi connectivity index (χ1) is 8.91. The molecule has 0 aliphatic heterocycles. The molecule has 0 aliphatic rings. The quantitative estimate of drug-likeness (QED) is 0.492. The molecule has 2 aromatic carbocycles. The van der Waals surface area contributed by atoms with Crippen LogP contribution in [0.5, 0.6) is 0 Å². The van der Waals surface area contributed by atoms with E-state index < -0.39 is 29.0 Å². The van der Waals surface area contributed by atoms with Crippen LogP contribution >= 0.6 is 0 Å². The first-order valence-electron chi connectivity index (χ1n) is 5.12. The molecule has 0 saturated heterocycles. The minimum Gasteiger partial charge on any atom is -0.545 e. The molecule has 0 unspecified atom stereocenters. The molecule has 0 spiro atoms. The fourth-order valence-corrected chi connectivity index (χ4v) is 1.85. The molecule has 0 N–H and O–H groups in total. The van der Waals surface area contributed by atoms with Gasteiger partial charge in [0.15, 0.2) is 0 Å². The van der Waals surface area contributed by atoms with E-state index in [-0.39, 0.29) is 170 Å². The van der Waals surface area contributed by atoms with Gasteiger partial charge in [0.05, 0.1) is 17.9 Å². The molecule has 0 fully saturated rings. The van der Waals surface area contributed by atoms with Crippen LogP contribution < -0.4 is 169 Å². The molecule has 2 rings (SSSR count). The Morgan fingerprint density at radius 3 is 1.77 bits per heavy atom. The van der Waals surface area contributed by atoms with Crippen LogP contribution in [0.2, 0.25) is 0 Å². The number of aromatic carboxylic acids is 3. The monoisotopic (exact) mass is 374 g/mol. The number of carbonyl (C=O) groups is 3. The summed E-state index contributed by atoms with van der Waals surface area (Å²) >= 11 is 0. The van der Waals surface area contributed by atoms with E-state index >= 15 is 0 Å². The minimum atomic E-state index is -1.67. The molecule has 0 amide bonds. The Hall–Kier alpha value is 2.02. The van der Waals surface area contributed by atoms with Gasteiger partial charge in [-0.05, 0) is 22.4 Å². The summed E-state index contributed by atoms with van der Waals surface area (Å²) in [5, 5.41) is 32.9. The number of hydrogen-bond acceptors (Lipinski definition) is 6. The van der Waals surface area contributed by atoms with E-state index in [0.29, 0.717) is 0 Å². The number of carbonyl (C=O) groups excluding carboxylic acids is 3. The van der Waals surface area contributed by atoms with Crippen LogP contribution in [0.1, 0.15) is 31.1 Å². The zero-order valence-electron chi connectivity index (χ0n) is 12.3. The topological polar surface area (TPSA) is 120 Å². The zero-order chi connectivity index (χ0) is 14.2.